The summed E-state index contributed by atoms with van der Waals surface area (Å²) in [6, 6.07) is 2.44. The Morgan fingerprint density at radius 1 is 1.40 bits per heavy atom. The van der Waals surface area contributed by atoms with E-state index in [1.807, 2.05) is 6.92 Å². The van der Waals surface area contributed by atoms with E-state index in [4.69, 9.17) is 0 Å². The van der Waals surface area contributed by atoms with Crippen LogP contribution >= 0.6 is 0 Å². The molecule has 2 amide bonds. The number of carbonyl (C=O) groups excluding carboxylic acids is 2. The molecule has 0 aliphatic carbocycles. The number of rotatable bonds is 4. The smallest absolute Gasteiger partial charge is 0.226 e. The molecule has 0 radical (unpaired) electrons. The quantitative estimate of drug-likeness (QED) is 0.881. The highest BCUT2D eigenvalue weighted by atomic mass is 19.2. The second kappa shape index (κ2) is 6.62. The summed E-state index contributed by atoms with van der Waals surface area (Å²) in [6.07, 6.45) is 1.69. The fourth-order valence-corrected chi connectivity index (χ4v) is 3.13. The number of likely N-dealkylation sites (N-methyl/N-ethyl adjacent to an activating group) is 1. The number of carbonyl (C=O) groups is 2. The first-order valence-electron chi connectivity index (χ1n) is 7.85. The van der Waals surface area contributed by atoms with Crippen LogP contribution in [-0.2, 0) is 16.0 Å². The molecule has 2 aromatic rings. The summed E-state index contributed by atoms with van der Waals surface area (Å²) in [7, 11) is 1.58. The van der Waals surface area contributed by atoms with E-state index in [1.54, 1.807) is 7.05 Å². The van der Waals surface area contributed by atoms with Crippen molar-refractivity contribution in [1.29, 1.82) is 0 Å². The molecule has 0 spiro atoms. The van der Waals surface area contributed by atoms with Crippen LogP contribution in [0.4, 0.5) is 8.78 Å². The van der Waals surface area contributed by atoms with E-state index < -0.39 is 23.7 Å². The lowest BCUT2D eigenvalue weighted by molar-refractivity contribution is -0.127. The Labute approximate surface area is 143 Å². The van der Waals surface area contributed by atoms with Crippen molar-refractivity contribution in [3.05, 3.63) is 53.1 Å². The van der Waals surface area contributed by atoms with Gasteiger partial charge in [0.1, 0.15) is 0 Å². The zero-order valence-electron chi connectivity index (χ0n) is 13.8. The summed E-state index contributed by atoms with van der Waals surface area (Å²) in [4.78, 5) is 32.8. The molecule has 1 aliphatic rings. The number of hydrogen-bond donors (Lipinski definition) is 2. The van der Waals surface area contributed by atoms with Gasteiger partial charge in [0.15, 0.2) is 11.6 Å². The third kappa shape index (κ3) is 3.38. The number of nitrogens with zero attached hydrogens (tertiary/aromatic N) is 2. The van der Waals surface area contributed by atoms with E-state index in [-0.39, 0.29) is 24.7 Å². The Morgan fingerprint density at radius 2 is 2.16 bits per heavy atom. The number of aryl methyl sites for hydroxylation is 1. The SMILES string of the molecule is Cc1[nH]cnc1CC(=O)N[C@H]1CC(=O)N(C)[C@@H]1c1ccc(F)c(F)c1. The number of amides is 2. The van der Waals surface area contributed by atoms with Crippen LogP contribution in [0.1, 0.15) is 29.4 Å². The zero-order valence-corrected chi connectivity index (χ0v) is 13.8. The number of hydrogen-bond acceptors (Lipinski definition) is 3. The molecule has 3 rings (SSSR count). The number of imidazole rings is 1. The Hall–Kier alpha value is -2.77. The van der Waals surface area contributed by atoms with Gasteiger partial charge in [-0.1, -0.05) is 6.07 Å². The summed E-state index contributed by atoms with van der Waals surface area (Å²) in [6.45, 7) is 1.81. The molecule has 1 aromatic carbocycles. The molecule has 0 unspecified atom stereocenters. The van der Waals surface area contributed by atoms with E-state index >= 15 is 0 Å². The minimum Gasteiger partial charge on any atom is -0.350 e. The van der Waals surface area contributed by atoms with Gasteiger partial charge in [-0.25, -0.2) is 13.8 Å². The van der Waals surface area contributed by atoms with Gasteiger partial charge in [0, 0.05) is 19.2 Å². The number of H-pyrrole nitrogens is 1. The first-order chi connectivity index (χ1) is 11.9. The molecule has 6 nitrogen and oxygen atoms in total. The summed E-state index contributed by atoms with van der Waals surface area (Å²) < 4.78 is 26.7. The van der Waals surface area contributed by atoms with Crippen molar-refractivity contribution in [3.8, 4) is 0 Å². The molecule has 1 aliphatic heterocycles. The van der Waals surface area contributed by atoms with Gasteiger partial charge in [-0.15, -0.1) is 0 Å². The Bertz CT molecular complexity index is 821. The van der Waals surface area contributed by atoms with Crippen molar-refractivity contribution in [2.45, 2.75) is 31.8 Å². The minimum absolute atomic E-state index is 0.0776. The number of likely N-dealkylation sites (tertiary alicyclic amines) is 1. The topological polar surface area (TPSA) is 78.1 Å². The molecule has 25 heavy (non-hydrogen) atoms. The highest BCUT2D eigenvalue weighted by molar-refractivity contribution is 5.83. The van der Waals surface area contributed by atoms with Crippen LogP contribution in [0.5, 0.6) is 0 Å². The third-order valence-corrected chi connectivity index (χ3v) is 4.48. The lowest BCUT2D eigenvalue weighted by Crippen LogP contribution is -2.39. The van der Waals surface area contributed by atoms with Gasteiger partial charge < -0.3 is 15.2 Å². The molecule has 2 heterocycles. The van der Waals surface area contributed by atoms with Crippen molar-refractivity contribution in [2.24, 2.45) is 0 Å². The molecule has 0 bridgehead atoms. The largest absolute Gasteiger partial charge is 0.350 e. The molecule has 0 saturated carbocycles. The van der Waals surface area contributed by atoms with Gasteiger partial charge in [-0.2, -0.15) is 0 Å². The van der Waals surface area contributed by atoms with E-state index in [2.05, 4.69) is 15.3 Å². The molecule has 1 aromatic heterocycles. The van der Waals surface area contributed by atoms with Crippen LogP contribution in [0.3, 0.4) is 0 Å². The van der Waals surface area contributed by atoms with Crippen LogP contribution in [0.2, 0.25) is 0 Å². The number of aromatic nitrogens is 2. The fourth-order valence-electron chi connectivity index (χ4n) is 3.13. The molecule has 2 atom stereocenters. The van der Waals surface area contributed by atoms with Gasteiger partial charge >= 0.3 is 0 Å². The van der Waals surface area contributed by atoms with Crippen molar-refractivity contribution in [1.82, 2.24) is 20.2 Å². The summed E-state index contributed by atoms with van der Waals surface area (Å²) in [5.74, 6) is -2.39. The second-order valence-electron chi connectivity index (χ2n) is 6.15. The fraction of sp³-hybridized carbons (Fsp3) is 0.353. The van der Waals surface area contributed by atoms with Gasteiger partial charge in [0.05, 0.1) is 30.5 Å². The predicted octanol–water partition coefficient (Wildman–Crippen LogP) is 1.63. The monoisotopic (exact) mass is 348 g/mol. The molecule has 1 saturated heterocycles. The van der Waals surface area contributed by atoms with Crippen molar-refractivity contribution >= 4 is 11.8 Å². The minimum atomic E-state index is -0.984. The van der Waals surface area contributed by atoms with E-state index in [0.717, 1.165) is 17.8 Å². The predicted molar refractivity (Wildman–Crippen MR) is 85.4 cm³/mol. The normalized spacial score (nSPS) is 20.2. The van der Waals surface area contributed by atoms with Crippen LogP contribution in [0.15, 0.2) is 24.5 Å². The van der Waals surface area contributed by atoms with Crippen LogP contribution in [-0.4, -0.2) is 39.8 Å². The molecule has 132 valence electrons. The lowest BCUT2D eigenvalue weighted by Gasteiger charge is -2.26. The van der Waals surface area contributed by atoms with E-state index in [1.165, 1.54) is 17.3 Å². The number of benzene rings is 1. The van der Waals surface area contributed by atoms with Crippen molar-refractivity contribution < 1.29 is 18.4 Å². The first-order valence-corrected chi connectivity index (χ1v) is 7.85. The summed E-state index contributed by atoms with van der Waals surface area (Å²) >= 11 is 0. The molecular formula is C17H18F2N4O2. The lowest BCUT2D eigenvalue weighted by atomic mass is 9.99. The van der Waals surface area contributed by atoms with Gasteiger partial charge in [-0.3, -0.25) is 9.59 Å². The Balaban J connectivity index is 1.78. The van der Waals surface area contributed by atoms with Gasteiger partial charge in [0.25, 0.3) is 0 Å². The maximum Gasteiger partial charge on any atom is 0.226 e. The Morgan fingerprint density at radius 3 is 2.80 bits per heavy atom. The second-order valence-corrected chi connectivity index (χ2v) is 6.15. The molecule has 2 N–H and O–H groups in total. The highest BCUT2D eigenvalue weighted by Crippen LogP contribution is 2.32. The van der Waals surface area contributed by atoms with Crippen molar-refractivity contribution in [2.75, 3.05) is 7.05 Å². The number of nitrogens with one attached hydrogen (secondary N) is 2. The zero-order chi connectivity index (χ0) is 18.1. The molecular weight excluding hydrogens is 330 g/mol. The first kappa shape index (κ1) is 17.1. The average Bonchev–Trinajstić information content (AvgIpc) is 3.06. The standard InChI is InChI=1S/C17H18F2N4O2/c1-9-13(21-8-20-9)6-15(24)22-14-7-16(25)23(2)17(14)10-3-4-11(18)12(19)5-10/h3-5,8,14,17H,6-7H2,1-2H3,(H,20,21)(H,22,24)/t14-,17+/m0/s1. The number of halogens is 2. The van der Waals surface area contributed by atoms with E-state index in [0.29, 0.717) is 11.3 Å². The maximum absolute atomic E-state index is 13.6. The molecule has 8 heteroatoms. The van der Waals surface area contributed by atoms with Gasteiger partial charge in [0.2, 0.25) is 11.8 Å². The van der Waals surface area contributed by atoms with Crippen LogP contribution < -0.4 is 5.32 Å². The van der Waals surface area contributed by atoms with Crippen molar-refractivity contribution in [3.63, 3.8) is 0 Å². The Kier molecular flexibility index (Phi) is 4.52. The summed E-state index contributed by atoms with van der Waals surface area (Å²) in [5.41, 5.74) is 1.86. The highest BCUT2D eigenvalue weighted by Gasteiger charge is 2.39. The van der Waals surface area contributed by atoms with Crippen LogP contribution in [0, 0.1) is 18.6 Å². The third-order valence-electron chi connectivity index (χ3n) is 4.48. The van der Waals surface area contributed by atoms with Gasteiger partial charge in [-0.05, 0) is 24.6 Å². The number of aromatic amines is 1. The molecule has 1 fully saturated rings. The van der Waals surface area contributed by atoms with Crippen LogP contribution in [0.25, 0.3) is 0 Å². The maximum atomic E-state index is 13.6. The van der Waals surface area contributed by atoms with E-state index in [9.17, 15) is 18.4 Å². The summed E-state index contributed by atoms with van der Waals surface area (Å²) in [5, 5.41) is 2.82. The average molecular weight is 348 g/mol.